The average Bonchev–Trinajstić information content (AvgIpc) is 2.49. The van der Waals surface area contributed by atoms with Crippen molar-refractivity contribution in [2.75, 3.05) is 0 Å². The molecule has 2 heteroatoms. The van der Waals surface area contributed by atoms with Gasteiger partial charge in [0.25, 0.3) is 0 Å². The van der Waals surface area contributed by atoms with E-state index >= 15 is 0 Å². The van der Waals surface area contributed by atoms with E-state index in [-0.39, 0.29) is 6.10 Å². The molecule has 3 rings (SSSR count). The minimum Gasteiger partial charge on any atom is -0.508 e. The summed E-state index contributed by atoms with van der Waals surface area (Å²) in [7, 11) is 0. The molecule has 2 aliphatic carbocycles. The summed E-state index contributed by atoms with van der Waals surface area (Å²) in [4.78, 5) is 0. The molecule has 0 spiro atoms. The normalized spacial score (nSPS) is 30.1. The smallest absolute Gasteiger partial charge is 0.115 e. The van der Waals surface area contributed by atoms with E-state index in [1.807, 2.05) is 12.1 Å². The first-order valence-corrected chi connectivity index (χ1v) is 8.18. The third-order valence-electron chi connectivity index (χ3n) is 5.67. The van der Waals surface area contributed by atoms with Gasteiger partial charge in [-0.25, -0.2) is 0 Å². The van der Waals surface area contributed by atoms with Crippen molar-refractivity contribution < 1.29 is 10.2 Å². The molecule has 0 bridgehead atoms. The van der Waals surface area contributed by atoms with Crippen LogP contribution in [0.4, 0.5) is 0 Å². The quantitative estimate of drug-likeness (QED) is 0.850. The van der Waals surface area contributed by atoms with Gasteiger partial charge in [0.2, 0.25) is 0 Å². The van der Waals surface area contributed by atoms with Gasteiger partial charge >= 0.3 is 0 Å². The Hall–Kier alpha value is -1.02. The number of hydrogen-bond acceptors (Lipinski definition) is 2. The minimum absolute atomic E-state index is 0.0771. The Morgan fingerprint density at radius 1 is 0.850 bits per heavy atom. The Labute approximate surface area is 121 Å². The lowest BCUT2D eigenvalue weighted by molar-refractivity contribution is 0.0666. The molecule has 0 unspecified atom stereocenters. The Morgan fingerprint density at radius 3 is 2.05 bits per heavy atom. The Kier molecular flexibility index (Phi) is 4.02. The molecule has 110 valence electrons. The summed E-state index contributed by atoms with van der Waals surface area (Å²) < 4.78 is 0. The molecule has 2 N–H and O–H groups in total. The fourth-order valence-corrected chi connectivity index (χ4v) is 4.54. The van der Waals surface area contributed by atoms with E-state index in [0.717, 1.165) is 25.7 Å². The number of phenols is 1. The van der Waals surface area contributed by atoms with Crippen molar-refractivity contribution in [1.82, 2.24) is 0 Å². The number of aromatic hydroxyl groups is 1. The van der Waals surface area contributed by atoms with Gasteiger partial charge in [-0.15, -0.1) is 0 Å². The van der Waals surface area contributed by atoms with Gasteiger partial charge < -0.3 is 10.2 Å². The van der Waals surface area contributed by atoms with Crippen molar-refractivity contribution >= 4 is 0 Å². The molecule has 1 aromatic carbocycles. The maximum absolute atomic E-state index is 9.78. The topological polar surface area (TPSA) is 40.5 Å². The molecule has 0 radical (unpaired) electrons. The molecule has 0 amide bonds. The van der Waals surface area contributed by atoms with Gasteiger partial charge in [-0.3, -0.25) is 0 Å². The number of phenolic OH excluding ortho intramolecular Hbond substituents is 1. The molecule has 0 aromatic heterocycles. The molecule has 0 saturated heterocycles. The van der Waals surface area contributed by atoms with Crippen molar-refractivity contribution in [2.45, 2.75) is 69.3 Å². The van der Waals surface area contributed by atoms with Gasteiger partial charge in [-0.05, 0) is 67.6 Å². The largest absolute Gasteiger partial charge is 0.508 e. The van der Waals surface area contributed by atoms with Crippen LogP contribution in [0, 0.1) is 5.92 Å². The first kappa shape index (κ1) is 13.9. The predicted molar refractivity (Wildman–Crippen MR) is 80.8 cm³/mol. The summed E-state index contributed by atoms with van der Waals surface area (Å²) in [5.41, 5.74) is 1.71. The molecule has 0 heterocycles. The maximum Gasteiger partial charge on any atom is 0.115 e. The lowest BCUT2D eigenvalue weighted by Crippen LogP contribution is -2.40. The van der Waals surface area contributed by atoms with Gasteiger partial charge in [0.05, 0.1) is 6.10 Å². The second-order valence-electron chi connectivity index (χ2n) is 6.77. The Bertz CT molecular complexity index is 423. The monoisotopic (exact) mass is 274 g/mol. The third-order valence-corrected chi connectivity index (χ3v) is 5.67. The summed E-state index contributed by atoms with van der Waals surface area (Å²) in [6.45, 7) is 0. The van der Waals surface area contributed by atoms with E-state index in [9.17, 15) is 10.2 Å². The Morgan fingerprint density at radius 2 is 1.45 bits per heavy atom. The van der Waals surface area contributed by atoms with E-state index in [0.29, 0.717) is 17.1 Å². The zero-order valence-corrected chi connectivity index (χ0v) is 12.2. The lowest BCUT2D eigenvalue weighted by Gasteiger charge is -2.46. The van der Waals surface area contributed by atoms with Crippen LogP contribution in [-0.2, 0) is 5.41 Å². The van der Waals surface area contributed by atoms with Crippen molar-refractivity contribution in [2.24, 2.45) is 5.92 Å². The van der Waals surface area contributed by atoms with Gasteiger partial charge in [0.15, 0.2) is 0 Å². The fourth-order valence-electron chi connectivity index (χ4n) is 4.54. The summed E-state index contributed by atoms with van der Waals surface area (Å²) in [5, 5.41) is 19.3. The van der Waals surface area contributed by atoms with Crippen LogP contribution in [0.1, 0.15) is 63.4 Å². The summed E-state index contributed by atoms with van der Waals surface area (Å²) in [5.74, 6) is 1.06. The molecule has 0 aliphatic heterocycles. The van der Waals surface area contributed by atoms with Gasteiger partial charge in [-0.1, -0.05) is 31.4 Å². The summed E-state index contributed by atoms with van der Waals surface area (Å²) in [6, 6.07) is 7.93. The molecular formula is C18H26O2. The average molecular weight is 274 g/mol. The first-order chi connectivity index (χ1) is 9.71. The minimum atomic E-state index is -0.0771. The number of hydrogen-bond donors (Lipinski definition) is 2. The molecular weight excluding hydrogens is 248 g/mol. The molecule has 0 atom stereocenters. The van der Waals surface area contributed by atoms with Crippen molar-refractivity contribution in [3.8, 4) is 5.75 Å². The third kappa shape index (κ3) is 2.58. The number of aliphatic hydroxyl groups excluding tert-OH is 1. The van der Waals surface area contributed by atoms with Crippen molar-refractivity contribution in [3.63, 3.8) is 0 Å². The van der Waals surface area contributed by atoms with Crippen LogP contribution in [0.3, 0.4) is 0 Å². The van der Waals surface area contributed by atoms with Crippen LogP contribution >= 0.6 is 0 Å². The van der Waals surface area contributed by atoms with Crippen LogP contribution in [0.15, 0.2) is 24.3 Å². The van der Waals surface area contributed by atoms with Crippen LogP contribution < -0.4 is 0 Å². The van der Waals surface area contributed by atoms with Crippen LogP contribution in [-0.4, -0.2) is 16.3 Å². The van der Waals surface area contributed by atoms with E-state index < -0.39 is 0 Å². The molecule has 1 aromatic rings. The highest BCUT2D eigenvalue weighted by Gasteiger charge is 2.42. The van der Waals surface area contributed by atoms with E-state index in [4.69, 9.17) is 0 Å². The number of aliphatic hydroxyl groups is 1. The number of rotatable bonds is 2. The van der Waals surface area contributed by atoms with Crippen LogP contribution in [0.25, 0.3) is 0 Å². The van der Waals surface area contributed by atoms with Gasteiger partial charge in [0, 0.05) is 0 Å². The molecule has 2 saturated carbocycles. The van der Waals surface area contributed by atoms with E-state index in [2.05, 4.69) is 12.1 Å². The SMILES string of the molecule is Oc1ccc(C2(C3CCC(O)CC3)CCCCC2)cc1. The molecule has 2 aliphatic rings. The zero-order valence-electron chi connectivity index (χ0n) is 12.2. The zero-order chi connectivity index (χ0) is 14.0. The van der Waals surface area contributed by atoms with Crippen molar-refractivity contribution in [1.29, 1.82) is 0 Å². The molecule has 2 fully saturated rings. The van der Waals surface area contributed by atoms with Crippen LogP contribution in [0.2, 0.25) is 0 Å². The highest BCUT2D eigenvalue weighted by molar-refractivity contribution is 5.33. The second-order valence-corrected chi connectivity index (χ2v) is 6.77. The standard InChI is InChI=1S/C18H26O2/c19-16-8-4-14(5-9-16)18(12-2-1-3-13-18)15-6-10-17(20)11-7-15/h4-5,8-9,15,17,19-20H,1-3,6-7,10-13H2. The lowest BCUT2D eigenvalue weighted by atomic mass is 9.58. The highest BCUT2D eigenvalue weighted by atomic mass is 16.3. The molecule has 2 nitrogen and oxygen atoms in total. The fraction of sp³-hybridized carbons (Fsp3) is 0.667. The summed E-state index contributed by atoms with van der Waals surface area (Å²) >= 11 is 0. The number of benzene rings is 1. The molecule has 20 heavy (non-hydrogen) atoms. The maximum atomic E-state index is 9.78. The van der Waals surface area contributed by atoms with E-state index in [1.165, 1.54) is 37.7 Å². The second kappa shape index (κ2) is 5.77. The van der Waals surface area contributed by atoms with Crippen molar-refractivity contribution in [3.05, 3.63) is 29.8 Å². The van der Waals surface area contributed by atoms with Crippen LogP contribution in [0.5, 0.6) is 5.75 Å². The predicted octanol–water partition coefficient (Wildman–Crippen LogP) is 4.15. The first-order valence-electron chi connectivity index (χ1n) is 8.18. The Balaban J connectivity index is 1.89. The van der Waals surface area contributed by atoms with Gasteiger partial charge in [-0.2, -0.15) is 0 Å². The van der Waals surface area contributed by atoms with E-state index in [1.54, 1.807) is 0 Å². The van der Waals surface area contributed by atoms with Gasteiger partial charge in [0.1, 0.15) is 5.75 Å². The highest BCUT2D eigenvalue weighted by Crippen LogP contribution is 2.50. The summed E-state index contributed by atoms with van der Waals surface area (Å²) in [6.07, 6.45) is 10.7.